The van der Waals surface area contributed by atoms with E-state index in [2.05, 4.69) is 14.8 Å². The standard InChI is InChI=1S/C11H17N3O/c15-7-9-5-2-6-14-10(8-3-1-4-8)12-13-11(9)14/h8-9,15H,1-7H2. The molecule has 1 N–H and O–H groups in total. The van der Waals surface area contributed by atoms with Gasteiger partial charge in [-0.05, 0) is 25.7 Å². The van der Waals surface area contributed by atoms with Gasteiger partial charge in [0.05, 0.1) is 6.61 Å². The second-order valence-electron chi connectivity index (χ2n) is 4.72. The zero-order valence-corrected chi connectivity index (χ0v) is 8.89. The second-order valence-corrected chi connectivity index (χ2v) is 4.72. The van der Waals surface area contributed by atoms with Crippen LogP contribution in [-0.2, 0) is 6.54 Å². The van der Waals surface area contributed by atoms with Crippen molar-refractivity contribution in [3.05, 3.63) is 11.6 Å². The molecule has 1 fully saturated rings. The molecule has 1 aromatic rings. The molecule has 1 aromatic heterocycles. The van der Waals surface area contributed by atoms with Gasteiger partial charge < -0.3 is 9.67 Å². The van der Waals surface area contributed by atoms with Crippen LogP contribution in [0, 0.1) is 0 Å². The Bertz CT molecular complexity index is 343. The van der Waals surface area contributed by atoms with Crippen LogP contribution in [-0.4, -0.2) is 26.5 Å². The number of aliphatic hydroxyl groups is 1. The molecule has 0 radical (unpaired) electrons. The van der Waals surface area contributed by atoms with E-state index in [1.165, 1.54) is 25.1 Å². The summed E-state index contributed by atoms with van der Waals surface area (Å²) in [4.78, 5) is 0. The fraction of sp³-hybridized carbons (Fsp3) is 0.818. The van der Waals surface area contributed by atoms with Crippen molar-refractivity contribution in [2.45, 2.75) is 50.5 Å². The third-order valence-corrected chi connectivity index (χ3v) is 3.80. The van der Waals surface area contributed by atoms with Crippen LogP contribution in [0.4, 0.5) is 0 Å². The lowest BCUT2D eigenvalue weighted by Crippen LogP contribution is -2.22. The lowest BCUT2D eigenvalue weighted by Gasteiger charge is -2.28. The van der Waals surface area contributed by atoms with Crippen molar-refractivity contribution in [3.63, 3.8) is 0 Å². The zero-order chi connectivity index (χ0) is 10.3. The number of nitrogens with zero attached hydrogens (tertiary/aromatic N) is 3. The molecule has 0 bridgehead atoms. The first-order valence-electron chi connectivity index (χ1n) is 5.94. The van der Waals surface area contributed by atoms with Crippen LogP contribution >= 0.6 is 0 Å². The first-order valence-corrected chi connectivity index (χ1v) is 5.94. The minimum absolute atomic E-state index is 0.211. The Morgan fingerprint density at radius 3 is 2.60 bits per heavy atom. The first kappa shape index (κ1) is 9.33. The molecule has 4 nitrogen and oxygen atoms in total. The van der Waals surface area contributed by atoms with E-state index in [0.29, 0.717) is 5.92 Å². The molecule has 82 valence electrons. The molecule has 0 aromatic carbocycles. The van der Waals surface area contributed by atoms with Gasteiger partial charge in [0.1, 0.15) is 11.6 Å². The summed E-state index contributed by atoms with van der Waals surface area (Å²) in [7, 11) is 0. The van der Waals surface area contributed by atoms with Crippen molar-refractivity contribution < 1.29 is 5.11 Å². The maximum atomic E-state index is 9.28. The van der Waals surface area contributed by atoms with Crippen molar-refractivity contribution in [2.24, 2.45) is 0 Å². The van der Waals surface area contributed by atoms with Crippen LogP contribution in [0.5, 0.6) is 0 Å². The maximum absolute atomic E-state index is 9.28. The number of aliphatic hydroxyl groups excluding tert-OH is 1. The Balaban J connectivity index is 1.94. The molecule has 0 amide bonds. The third-order valence-electron chi connectivity index (χ3n) is 3.80. The summed E-state index contributed by atoms with van der Waals surface area (Å²) in [6.45, 7) is 1.26. The molecule has 1 aliphatic carbocycles. The van der Waals surface area contributed by atoms with Crippen LogP contribution < -0.4 is 0 Å². The molecule has 3 rings (SSSR count). The number of hydrogen-bond donors (Lipinski definition) is 1. The summed E-state index contributed by atoms with van der Waals surface area (Å²) < 4.78 is 2.26. The van der Waals surface area contributed by atoms with Crippen LogP contribution in [0.2, 0.25) is 0 Å². The van der Waals surface area contributed by atoms with E-state index < -0.39 is 0 Å². The Labute approximate surface area is 89.3 Å². The molecular formula is C11H17N3O. The minimum atomic E-state index is 0.211. The smallest absolute Gasteiger partial charge is 0.138 e. The predicted molar refractivity (Wildman–Crippen MR) is 55.7 cm³/mol. The van der Waals surface area contributed by atoms with Gasteiger partial charge in [-0.2, -0.15) is 0 Å². The monoisotopic (exact) mass is 207 g/mol. The van der Waals surface area contributed by atoms with Gasteiger partial charge in [0.25, 0.3) is 0 Å². The van der Waals surface area contributed by atoms with Gasteiger partial charge >= 0.3 is 0 Å². The normalized spacial score (nSPS) is 26.1. The molecule has 1 aliphatic heterocycles. The molecule has 4 heteroatoms. The van der Waals surface area contributed by atoms with E-state index in [1.807, 2.05) is 0 Å². The summed E-state index contributed by atoms with van der Waals surface area (Å²) >= 11 is 0. The van der Waals surface area contributed by atoms with E-state index in [0.717, 1.165) is 25.2 Å². The van der Waals surface area contributed by atoms with Crippen molar-refractivity contribution in [1.29, 1.82) is 0 Å². The fourth-order valence-electron chi connectivity index (χ4n) is 2.63. The summed E-state index contributed by atoms with van der Waals surface area (Å²) in [5, 5.41) is 17.9. The lowest BCUT2D eigenvalue weighted by molar-refractivity contribution is 0.235. The average molecular weight is 207 g/mol. The average Bonchev–Trinajstić information content (AvgIpc) is 2.59. The largest absolute Gasteiger partial charge is 0.396 e. The number of fused-ring (bicyclic) bond motifs is 1. The molecule has 2 heterocycles. The minimum Gasteiger partial charge on any atom is -0.396 e. The highest BCUT2D eigenvalue weighted by Gasteiger charge is 2.30. The van der Waals surface area contributed by atoms with E-state index in [1.54, 1.807) is 0 Å². The Morgan fingerprint density at radius 1 is 1.13 bits per heavy atom. The first-order chi connectivity index (χ1) is 7.40. The molecular weight excluding hydrogens is 190 g/mol. The van der Waals surface area contributed by atoms with Crippen LogP contribution in [0.25, 0.3) is 0 Å². The molecule has 0 spiro atoms. The maximum Gasteiger partial charge on any atom is 0.138 e. The van der Waals surface area contributed by atoms with Crippen LogP contribution in [0.3, 0.4) is 0 Å². The van der Waals surface area contributed by atoms with Gasteiger partial charge in [0, 0.05) is 18.4 Å². The van der Waals surface area contributed by atoms with Crippen molar-refractivity contribution in [3.8, 4) is 0 Å². The van der Waals surface area contributed by atoms with Crippen LogP contribution in [0.15, 0.2) is 0 Å². The highest BCUT2D eigenvalue weighted by molar-refractivity contribution is 5.10. The van der Waals surface area contributed by atoms with Crippen molar-refractivity contribution in [1.82, 2.24) is 14.8 Å². The second kappa shape index (κ2) is 3.59. The van der Waals surface area contributed by atoms with Crippen molar-refractivity contribution in [2.75, 3.05) is 6.61 Å². The van der Waals surface area contributed by atoms with Gasteiger partial charge in [-0.15, -0.1) is 10.2 Å². The summed E-state index contributed by atoms with van der Waals surface area (Å²) in [5.41, 5.74) is 0. The van der Waals surface area contributed by atoms with Gasteiger partial charge in [0.2, 0.25) is 0 Å². The molecule has 2 aliphatic rings. The Hall–Kier alpha value is -0.900. The molecule has 1 saturated carbocycles. The molecule has 0 saturated heterocycles. The molecule has 15 heavy (non-hydrogen) atoms. The van der Waals surface area contributed by atoms with Gasteiger partial charge in [-0.3, -0.25) is 0 Å². The van der Waals surface area contributed by atoms with Gasteiger partial charge in [0.15, 0.2) is 0 Å². The topological polar surface area (TPSA) is 50.9 Å². The SMILES string of the molecule is OCC1CCCn2c1nnc2C1CCC1. The van der Waals surface area contributed by atoms with Gasteiger partial charge in [-0.1, -0.05) is 6.42 Å². The van der Waals surface area contributed by atoms with E-state index in [-0.39, 0.29) is 12.5 Å². The summed E-state index contributed by atoms with van der Waals surface area (Å²) in [6.07, 6.45) is 6.06. The van der Waals surface area contributed by atoms with Crippen molar-refractivity contribution >= 4 is 0 Å². The van der Waals surface area contributed by atoms with E-state index >= 15 is 0 Å². The quantitative estimate of drug-likeness (QED) is 0.797. The highest BCUT2D eigenvalue weighted by Crippen LogP contribution is 2.37. The number of rotatable bonds is 2. The summed E-state index contributed by atoms with van der Waals surface area (Å²) in [5.74, 6) is 3.06. The zero-order valence-electron chi connectivity index (χ0n) is 8.89. The molecule has 1 atom stereocenters. The number of aromatic nitrogens is 3. The lowest BCUT2D eigenvalue weighted by atomic mass is 9.84. The third kappa shape index (κ3) is 1.39. The van der Waals surface area contributed by atoms with Gasteiger partial charge in [-0.25, -0.2) is 0 Å². The predicted octanol–water partition coefficient (Wildman–Crippen LogP) is 1.42. The summed E-state index contributed by atoms with van der Waals surface area (Å²) in [6, 6.07) is 0. The Kier molecular flexibility index (Phi) is 2.24. The Morgan fingerprint density at radius 2 is 1.93 bits per heavy atom. The number of hydrogen-bond acceptors (Lipinski definition) is 3. The van der Waals surface area contributed by atoms with Crippen LogP contribution in [0.1, 0.15) is 55.6 Å². The van der Waals surface area contributed by atoms with E-state index in [4.69, 9.17) is 0 Å². The van der Waals surface area contributed by atoms with E-state index in [9.17, 15) is 5.11 Å². The highest BCUT2D eigenvalue weighted by atomic mass is 16.3. The molecule has 1 unspecified atom stereocenters. The fourth-order valence-corrected chi connectivity index (χ4v) is 2.63.